The largest absolute Gasteiger partial charge is 0.451 e. The number of hydrogen-bond acceptors (Lipinski definition) is 6. The number of sulfonamides is 1. The van der Waals surface area contributed by atoms with Gasteiger partial charge in [0.1, 0.15) is 10.6 Å². The fourth-order valence-electron chi connectivity index (χ4n) is 2.53. The molecule has 1 aromatic heterocycles. The molecule has 0 atom stereocenters. The summed E-state index contributed by atoms with van der Waals surface area (Å²) in [5.74, 6) is -1.35. The van der Waals surface area contributed by atoms with Crippen LogP contribution in [0.3, 0.4) is 0 Å². The summed E-state index contributed by atoms with van der Waals surface area (Å²) in [6, 6.07) is 8.20. The molecule has 1 aliphatic rings. The Hall–Kier alpha value is -2.21. The van der Waals surface area contributed by atoms with Crippen molar-refractivity contribution in [2.75, 3.05) is 38.2 Å². The summed E-state index contributed by atoms with van der Waals surface area (Å²) in [6.07, 6.45) is 1.22. The summed E-state index contributed by atoms with van der Waals surface area (Å²) in [6.45, 7) is 0.645. The van der Waals surface area contributed by atoms with Crippen LogP contribution in [0.2, 0.25) is 0 Å². The number of aromatic amines is 1. The van der Waals surface area contributed by atoms with E-state index < -0.39 is 28.5 Å². The molecule has 1 fully saturated rings. The number of rotatable bonds is 6. The maximum absolute atomic E-state index is 12.6. The number of benzene rings is 1. The third-order valence-corrected chi connectivity index (χ3v) is 6.53. The van der Waals surface area contributed by atoms with Crippen LogP contribution in [-0.4, -0.2) is 62.5 Å². The van der Waals surface area contributed by atoms with Crippen molar-refractivity contribution >= 4 is 43.5 Å². The number of ether oxygens (including phenoxy) is 2. The number of anilines is 1. The maximum atomic E-state index is 12.6. The summed E-state index contributed by atoms with van der Waals surface area (Å²) in [7, 11) is -3.72. The predicted octanol–water partition coefficient (Wildman–Crippen LogP) is 1.59. The lowest BCUT2D eigenvalue weighted by Crippen LogP contribution is -2.40. The van der Waals surface area contributed by atoms with Crippen molar-refractivity contribution in [1.29, 1.82) is 0 Å². The van der Waals surface area contributed by atoms with Crippen LogP contribution in [0.5, 0.6) is 0 Å². The number of H-pyrrole nitrogens is 1. The summed E-state index contributed by atoms with van der Waals surface area (Å²) >= 11 is 3.30. The molecule has 1 aromatic carbocycles. The van der Waals surface area contributed by atoms with Crippen LogP contribution in [0.25, 0.3) is 0 Å². The number of amides is 1. The molecule has 0 bridgehead atoms. The average Bonchev–Trinajstić information content (AvgIpc) is 3.20. The number of carbonyl (C=O) groups is 2. The summed E-state index contributed by atoms with van der Waals surface area (Å²) < 4.78 is 37.2. The second kappa shape index (κ2) is 8.86. The SMILES string of the molecule is O=C(COC(=O)c1cc(S(=O)(=O)N2CCOCC2)c[nH]1)Nc1ccccc1Br. The first-order valence-electron chi connectivity index (χ1n) is 8.36. The topological polar surface area (TPSA) is 118 Å². The fourth-order valence-corrected chi connectivity index (χ4v) is 4.32. The van der Waals surface area contributed by atoms with Crippen LogP contribution in [0, 0.1) is 0 Å². The molecular weight excluding hydrogens is 454 g/mol. The van der Waals surface area contributed by atoms with Gasteiger partial charge in [-0.15, -0.1) is 0 Å². The number of esters is 1. The van der Waals surface area contributed by atoms with E-state index in [0.717, 1.165) is 0 Å². The van der Waals surface area contributed by atoms with Crippen LogP contribution in [0.4, 0.5) is 5.69 Å². The van der Waals surface area contributed by atoms with E-state index >= 15 is 0 Å². The minimum Gasteiger partial charge on any atom is -0.451 e. The van der Waals surface area contributed by atoms with Gasteiger partial charge in [0.15, 0.2) is 6.61 Å². The quantitative estimate of drug-likeness (QED) is 0.617. The van der Waals surface area contributed by atoms with Crippen molar-refractivity contribution < 1.29 is 27.5 Å². The zero-order valence-electron chi connectivity index (χ0n) is 14.7. The van der Waals surface area contributed by atoms with E-state index in [1.807, 2.05) is 0 Å². The lowest BCUT2D eigenvalue weighted by atomic mass is 10.3. The summed E-state index contributed by atoms with van der Waals surface area (Å²) in [5.41, 5.74) is 0.489. The minimum atomic E-state index is -3.72. The Morgan fingerprint density at radius 1 is 1.25 bits per heavy atom. The highest BCUT2D eigenvalue weighted by atomic mass is 79.9. The Morgan fingerprint density at radius 3 is 2.68 bits per heavy atom. The molecule has 0 aliphatic carbocycles. The second-order valence-electron chi connectivity index (χ2n) is 5.87. The molecule has 150 valence electrons. The molecule has 1 saturated heterocycles. The molecule has 0 unspecified atom stereocenters. The standard InChI is InChI=1S/C17H18BrN3O6S/c18-13-3-1-2-4-14(13)20-16(22)11-27-17(23)15-9-12(10-19-15)28(24,25)21-5-7-26-8-6-21/h1-4,9-10,19H,5-8,11H2,(H,20,22). The Morgan fingerprint density at radius 2 is 1.96 bits per heavy atom. The number of halogens is 1. The fraction of sp³-hybridized carbons (Fsp3) is 0.294. The Kier molecular flexibility index (Phi) is 6.50. The smallest absolute Gasteiger partial charge is 0.355 e. The van der Waals surface area contributed by atoms with Gasteiger partial charge in [0.25, 0.3) is 5.91 Å². The number of hydrogen-bond donors (Lipinski definition) is 2. The van der Waals surface area contributed by atoms with Crippen molar-refractivity contribution in [3.63, 3.8) is 0 Å². The lowest BCUT2D eigenvalue weighted by Gasteiger charge is -2.25. The monoisotopic (exact) mass is 471 g/mol. The number of nitrogens with zero attached hydrogens (tertiary/aromatic N) is 1. The predicted molar refractivity (Wildman–Crippen MR) is 103 cm³/mol. The molecule has 11 heteroatoms. The van der Waals surface area contributed by atoms with Gasteiger partial charge in [0.2, 0.25) is 10.0 Å². The number of nitrogens with one attached hydrogen (secondary N) is 2. The number of aromatic nitrogens is 1. The van der Waals surface area contributed by atoms with Crippen molar-refractivity contribution in [3.05, 3.63) is 46.7 Å². The highest BCUT2D eigenvalue weighted by Gasteiger charge is 2.28. The Bertz CT molecular complexity index is 969. The van der Waals surface area contributed by atoms with Crippen molar-refractivity contribution in [2.45, 2.75) is 4.90 Å². The first-order valence-corrected chi connectivity index (χ1v) is 10.6. The highest BCUT2D eigenvalue weighted by Crippen LogP contribution is 2.21. The van der Waals surface area contributed by atoms with Gasteiger partial charge in [-0.05, 0) is 34.1 Å². The van der Waals surface area contributed by atoms with Crippen LogP contribution in [0.15, 0.2) is 45.9 Å². The molecule has 3 rings (SSSR count). The van der Waals surface area contributed by atoms with E-state index in [0.29, 0.717) is 23.4 Å². The van der Waals surface area contributed by atoms with E-state index in [9.17, 15) is 18.0 Å². The van der Waals surface area contributed by atoms with E-state index in [1.165, 1.54) is 16.6 Å². The van der Waals surface area contributed by atoms with Crippen LogP contribution in [-0.2, 0) is 24.3 Å². The molecule has 1 aliphatic heterocycles. The molecular formula is C17H18BrN3O6S. The molecule has 1 amide bonds. The third-order valence-electron chi connectivity index (χ3n) is 3.97. The van der Waals surface area contributed by atoms with Crippen LogP contribution in [0.1, 0.15) is 10.5 Å². The molecule has 0 spiro atoms. The Balaban J connectivity index is 1.58. The van der Waals surface area contributed by atoms with Gasteiger partial charge in [0, 0.05) is 23.8 Å². The van der Waals surface area contributed by atoms with E-state index in [-0.39, 0.29) is 23.7 Å². The average molecular weight is 472 g/mol. The van der Waals surface area contributed by atoms with Crippen molar-refractivity contribution in [3.8, 4) is 0 Å². The van der Waals surface area contributed by atoms with Crippen LogP contribution >= 0.6 is 15.9 Å². The minimum absolute atomic E-state index is 0.0426. The first kappa shape index (κ1) is 20.5. The van der Waals surface area contributed by atoms with E-state index in [2.05, 4.69) is 26.2 Å². The number of carbonyl (C=O) groups excluding carboxylic acids is 2. The van der Waals surface area contributed by atoms with E-state index in [4.69, 9.17) is 9.47 Å². The van der Waals surface area contributed by atoms with Gasteiger partial charge in [-0.1, -0.05) is 12.1 Å². The van der Waals surface area contributed by atoms with Gasteiger partial charge in [0.05, 0.1) is 18.9 Å². The second-order valence-corrected chi connectivity index (χ2v) is 8.66. The van der Waals surface area contributed by atoms with Gasteiger partial charge >= 0.3 is 5.97 Å². The van der Waals surface area contributed by atoms with Crippen molar-refractivity contribution in [1.82, 2.24) is 9.29 Å². The zero-order chi connectivity index (χ0) is 20.1. The Labute approximate surface area is 170 Å². The lowest BCUT2D eigenvalue weighted by molar-refractivity contribution is -0.119. The van der Waals surface area contributed by atoms with Gasteiger partial charge in [-0.25, -0.2) is 13.2 Å². The van der Waals surface area contributed by atoms with Crippen molar-refractivity contribution in [2.24, 2.45) is 0 Å². The van der Waals surface area contributed by atoms with Gasteiger partial charge in [-0.2, -0.15) is 4.31 Å². The van der Waals surface area contributed by atoms with E-state index in [1.54, 1.807) is 24.3 Å². The molecule has 2 aromatic rings. The zero-order valence-corrected chi connectivity index (χ0v) is 17.1. The number of para-hydroxylation sites is 1. The molecule has 2 heterocycles. The molecule has 0 saturated carbocycles. The highest BCUT2D eigenvalue weighted by molar-refractivity contribution is 9.10. The summed E-state index contributed by atoms with van der Waals surface area (Å²) in [4.78, 5) is 26.6. The van der Waals surface area contributed by atoms with Gasteiger partial charge < -0.3 is 19.8 Å². The third kappa shape index (κ3) is 4.79. The maximum Gasteiger partial charge on any atom is 0.355 e. The van der Waals surface area contributed by atoms with Crippen LogP contribution < -0.4 is 5.32 Å². The number of morpholine rings is 1. The first-order chi connectivity index (χ1) is 13.4. The summed E-state index contributed by atoms with van der Waals surface area (Å²) in [5, 5.41) is 2.60. The molecule has 2 N–H and O–H groups in total. The normalized spacial score (nSPS) is 15.2. The molecule has 28 heavy (non-hydrogen) atoms. The molecule has 0 radical (unpaired) electrons. The van der Waals surface area contributed by atoms with Gasteiger partial charge in [-0.3, -0.25) is 4.79 Å². The molecule has 9 nitrogen and oxygen atoms in total.